The summed E-state index contributed by atoms with van der Waals surface area (Å²) in [6.45, 7) is 1.45. The van der Waals surface area contributed by atoms with Crippen LogP contribution >= 0.6 is 0 Å². The maximum absolute atomic E-state index is 11.6. The van der Waals surface area contributed by atoms with Crippen LogP contribution in [0.3, 0.4) is 0 Å². The highest BCUT2D eigenvalue weighted by Gasteiger charge is 2.19. The molecule has 1 heterocycles. The molecule has 0 aromatic heterocycles. The highest BCUT2D eigenvalue weighted by Crippen LogP contribution is 2.06. The number of hydrogen-bond donors (Lipinski definition) is 2. The Kier molecular flexibility index (Phi) is 5.85. The number of amides is 1. The minimum Gasteiger partial charge on any atom is -0.469 e. The van der Waals surface area contributed by atoms with E-state index in [2.05, 4.69) is 15.4 Å². The van der Waals surface area contributed by atoms with E-state index in [0.29, 0.717) is 19.4 Å². The van der Waals surface area contributed by atoms with Gasteiger partial charge in [0.05, 0.1) is 13.2 Å². The van der Waals surface area contributed by atoms with Crippen molar-refractivity contribution in [1.82, 2.24) is 10.6 Å². The van der Waals surface area contributed by atoms with E-state index < -0.39 is 0 Å². The summed E-state index contributed by atoms with van der Waals surface area (Å²) in [4.78, 5) is 22.4. The lowest BCUT2D eigenvalue weighted by molar-refractivity contribution is -0.140. The van der Waals surface area contributed by atoms with Gasteiger partial charge in [-0.3, -0.25) is 9.59 Å². The Bertz CT molecular complexity index is 237. The molecule has 0 aromatic carbocycles. The van der Waals surface area contributed by atoms with Gasteiger partial charge in [0.15, 0.2) is 0 Å². The fourth-order valence-corrected chi connectivity index (χ4v) is 1.75. The summed E-state index contributed by atoms with van der Waals surface area (Å²) in [5.74, 6) is -0.186. The predicted molar refractivity (Wildman–Crippen MR) is 59.9 cm³/mol. The molecule has 0 radical (unpaired) electrons. The van der Waals surface area contributed by atoms with E-state index in [-0.39, 0.29) is 17.9 Å². The zero-order valence-electron chi connectivity index (χ0n) is 9.75. The number of hydrogen-bond acceptors (Lipinski definition) is 4. The van der Waals surface area contributed by atoms with Crippen LogP contribution < -0.4 is 10.6 Å². The van der Waals surface area contributed by atoms with Crippen molar-refractivity contribution in [2.75, 3.05) is 20.2 Å². The molecule has 0 aromatic rings. The summed E-state index contributed by atoms with van der Waals surface area (Å²) >= 11 is 0. The predicted octanol–water partition coefficient (Wildman–Crippen LogP) is 0.198. The molecule has 16 heavy (non-hydrogen) atoms. The zero-order chi connectivity index (χ0) is 11.8. The minimum atomic E-state index is -0.231. The van der Waals surface area contributed by atoms with Crippen molar-refractivity contribution in [2.24, 2.45) is 0 Å². The monoisotopic (exact) mass is 228 g/mol. The molecule has 2 N–H and O–H groups in total. The first-order valence-electron chi connectivity index (χ1n) is 5.82. The number of rotatable bonds is 5. The number of carbonyl (C=O) groups is 2. The lowest BCUT2D eigenvalue weighted by atomic mass is 10.0. The van der Waals surface area contributed by atoms with Gasteiger partial charge in [0.2, 0.25) is 5.91 Å². The Morgan fingerprint density at radius 1 is 1.44 bits per heavy atom. The molecule has 0 bridgehead atoms. The van der Waals surface area contributed by atoms with Crippen molar-refractivity contribution in [3.05, 3.63) is 0 Å². The molecule has 1 aliphatic rings. The van der Waals surface area contributed by atoms with Crippen molar-refractivity contribution in [2.45, 2.75) is 38.1 Å². The Morgan fingerprint density at radius 2 is 2.25 bits per heavy atom. The van der Waals surface area contributed by atoms with Crippen LogP contribution in [0.25, 0.3) is 0 Å². The zero-order valence-corrected chi connectivity index (χ0v) is 9.75. The Hall–Kier alpha value is -1.10. The fraction of sp³-hybridized carbons (Fsp3) is 0.818. The van der Waals surface area contributed by atoms with Crippen molar-refractivity contribution in [3.8, 4) is 0 Å². The van der Waals surface area contributed by atoms with Crippen molar-refractivity contribution in [3.63, 3.8) is 0 Å². The van der Waals surface area contributed by atoms with Crippen LogP contribution in [-0.2, 0) is 14.3 Å². The maximum atomic E-state index is 11.6. The number of carbonyl (C=O) groups excluding carboxylic acids is 2. The van der Waals surface area contributed by atoms with Gasteiger partial charge in [-0.15, -0.1) is 0 Å². The molecule has 5 heteroatoms. The van der Waals surface area contributed by atoms with E-state index >= 15 is 0 Å². The van der Waals surface area contributed by atoms with Crippen LogP contribution in [0.4, 0.5) is 0 Å². The van der Waals surface area contributed by atoms with Crippen LogP contribution in [0, 0.1) is 0 Å². The highest BCUT2D eigenvalue weighted by molar-refractivity contribution is 5.81. The summed E-state index contributed by atoms with van der Waals surface area (Å²) in [7, 11) is 1.37. The van der Waals surface area contributed by atoms with Gasteiger partial charge in [0.25, 0.3) is 0 Å². The third-order valence-corrected chi connectivity index (χ3v) is 2.71. The molecule has 92 valence electrons. The largest absolute Gasteiger partial charge is 0.469 e. The molecule has 1 atom stereocenters. The highest BCUT2D eigenvalue weighted by atomic mass is 16.5. The summed E-state index contributed by atoms with van der Waals surface area (Å²) < 4.78 is 4.51. The van der Waals surface area contributed by atoms with Crippen LogP contribution in [0.1, 0.15) is 32.1 Å². The molecular weight excluding hydrogens is 208 g/mol. The molecule has 0 spiro atoms. The first-order valence-corrected chi connectivity index (χ1v) is 5.82. The molecule has 1 unspecified atom stereocenters. The average Bonchev–Trinajstić information content (AvgIpc) is 2.35. The number of nitrogens with one attached hydrogen (secondary N) is 2. The second-order valence-electron chi connectivity index (χ2n) is 3.97. The van der Waals surface area contributed by atoms with Crippen molar-refractivity contribution < 1.29 is 14.3 Å². The Morgan fingerprint density at radius 3 is 2.88 bits per heavy atom. The van der Waals surface area contributed by atoms with Crippen LogP contribution in [-0.4, -0.2) is 38.1 Å². The van der Waals surface area contributed by atoms with E-state index in [4.69, 9.17) is 0 Å². The van der Waals surface area contributed by atoms with Crippen LogP contribution in [0.15, 0.2) is 0 Å². The van der Waals surface area contributed by atoms with E-state index in [1.54, 1.807) is 0 Å². The molecular formula is C11H20N2O3. The summed E-state index contributed by atoms with van der Waals surface area (Å²) in [6, 6.07) is -0.0492. The molecule has 1 aliphatic heterocycles. The standard InChI is InChI=1S/C11H20N2O3/c1-16-10(14)6-4-8-13-11(15)9-5-2-3-7-12-9/h9,12H,2-8H2,1H3,(H,13,15). The first kappa shape index (κ1) is 13.0. The molecule has 0 saturated carbocycles. The number of ether oxygens (including phenoxy) is 1. The van der Waals surface area contributed by atoms with Gasteiger partial charge < -0.3 is 15.4 Å². The molecule has 1 amide bonds. The van der Waals surface area contributed by atoms with Crippen LogP contribution in [0.5, 0.6) is 0 Å². The quantitative estimate of drug-likeness (QED) is 0.521. The number of piperidine rings is 1. The third kappa shape index (κ3) is 4.61. The topological polar surface area (TPSA) is 67.4 Å². The van der Waals surface area contributed by atoms with Gasteiger partial charge in [-0.2, -0.15) is 0 Å². The van der Waals surface area contributed by atoms with E-state index in [9.17, 15) is 9.59 Å². The lowest BCUT2D eigenvalue weighted by Gasteiger charge is -2.22. The molecule has 1 rings (SSSR count). The van der Waals surface area contributed by atoms with Crippen molar-refractivity contribution in [1.29, 1.82) is 0 Å². The number of esters is 1. The fourth-order valence-electron chi connectivity index (χ4n) is 1.75. The second-order valence-corrected chi connectivity index (χ2v) is 3.97. The lowest BCUT2D eigenvalue weighted by Crippen LogP contribution is -2.46. The van der Waals surface area contributed by atoms with Gasteiger partial charge >= 0.3 is 5.97 Å². The minimum absolute atomic E-state index is 0.0459. The van der Waals surface area contributed by atoms with E-state index in [0.717, 1.165) is 25.8 Å². The molecule has 1 saturated heterocycles. The third-order valence-electron chi connectivity index (χ3n) is 2.71. The SMILES string of the molecule is COC(=O)CCCNC(=O)C1CCCCN1. The Labute approximate surface area is 95.9 Å². The summed E-state index contributed by atoms with van der Waals surface area (Å²) in [5, 5.41) is 6.00. The summed E-state index contributed by atoms with van der Waals surface area (Å²) in [5.41, 5.74) is 0. The second kappa shape index (κ2) is 7.22. The smallest absolute Gasteiger partial charge is 0.305 e. The summed E-state index contributed by atoms with van der Waals surface area (Å²) in [6.07, 6.45) is 4.14. The van der Waals surface area contributed by atoms with E-state index in [1.807, 2.05) is 0 Å². The molecule has 0 aliphatic carbocycles. The van der Waals surface area contributed by atoms with Gasteiger partial charge in [0, 0.05) is 13.0 Å². The van der Waals surface area contributed by atoms with Gasteiger partial charge in [-0.25, -0.2) is 0 Å². The number of methoxy groups -OCH3 is 1. The molecule has 1 fully saturated rings. The molecule has 5 nitrogen and oxygen atoms in total. The average molecular weight is 228 g/mol. The first-order chi connectivity index (χ1) is 7.74. The van der Waals surface area contributed by atoms with Gasteiger partial charge in [0.1, 0.15) is 0 Å². The normalized spacial score (nSPS) is 20.2. The van der Waals surface area contributed by atoms with Gasteiger partial charge in [-0.05, 0) is 25.8 Å². The van der Waals surface area contributed by atoms with Crippen LogP contribution in [0.2, 0.25) is 0 Å². The van der Waals surface area contributed by atoms with Crippen molar-refractivity contribution >= 4 is 11.9 Å². The van der Waals surface area contributed by atoms with E-state index in [1.165, 1.54) is 7.11 Å². The Balaban J connectivity index is 2.07. The maximum Gasteiger partial charge on any atom is 0.305 e. The van der Waals surface area contributed by atoms with Gasteiger partial charge in [-0.1, -0.05) is 6.42 Å².